The van der Waals surface area contributed by atoms with Crippen LogP contribution in [0.5, 0.6) is 0 Å². The minimum Gasteiger partial charge on any atom is -0.466 e. The second-order valence-electron chi connectivity index (χ2n) is 6.00. The molecule has 0 heterocycles. The highest BCUT2D eigenvalue weighted by Crippen LogP contribution is 2.12. The summed E-state index contributed by atoms with van der Waals surface area (Å²) >= 11 is 0. The van der Waals surface area contributed by atoms with Crippen molar-refractivity contribution in [3.05, 3.63) is 24.8 Å². The van der Waals surface area contributed by atoms with Gasteiger partial charge in [0.15, 0.2) is 0 Å². The highest BCUT2D eigenvalue weighted by atomic mass is 16.5. The van der Waals surface area contributed by atoms with Gasteiger partial charge in [0.2, 0.25) is 0 Å². The van der Waals surface area contributed by atoms with Gasteiger partial charge in [-0.3, -0.25) is 4.79 Å². The van der Waals surface area contributed by atoms with Crippen molar-refractivity contribution in [3.63, 3.8) is 0 Å². The molecule has 0 radical (unpaired) electrons. The monoisotopic (exact) mass is 308 g/mol. The van der Waals surface area contributed by atoms with Crippen molar-refractivity contribution < 1.29 is 9.53 Å². The molecule has 0 aliphatic heterocycles. The zero-order valence-electron chi connectivity index (χ0n) is 14.7. The minimum absolute atomic E-state index is 0.190. The molecule has 0 unspecified atom stereocenters. The topological polar surface area (TPSA) is 26.3 Å². The van der Waals surface area contributed by atoms with Gasteiger partial charge in [-0.1, -0.05) is 69.6 Å². The number of hydrogen-bond donors (Lipinski definition) is 0. The van der Waals surface area contributed by atoms with E-state index in [1.165, 1.54) is 77.6 Å². The van der Waals surface area contributed by atoms with Crippen LogP contribution in [0.1, 0.15) is 90.4 Å². The molecule has 0 amide bonds. The van der Waals surface area contributed by atoms with Gasteiger partial charge < -0.3 is 4.74 Å². The molecule has 0 aromatic rings. The fraction of sp³-hybridized carbons (Fsp3) is 0.750. The molecule has 0 saturated heterocycles. The Kier molecular flexibility index (Phi) is 17.1. The minimum atomic E-state index is -0.190. The molecule has 0 rings (SSSR count). The molecule has 0 N–H and O–H groups in total. The van der Waals surface area contributed by atoms with Crippen molar-refractivity contribution in [2.45, 2.75) is 90.4 Å². The third-order valence-electron chi connectivity index (χ3n) is 3.79. The van der Waals surface area contributed by atoms with Crippen LogP contribution < -0.4 is 0 Å². The van der Waals surface area contributed by atoms with E-state index in [1.807, 2.05) is 6.08 Å². The van der Waals surface area contributed by atoms with E-state index < -0.39 is 0 Å². The molecule has 0 aromatic heterocycles. The van der Waals surface area contributed by atoms with Crippen LogP contribution in [-0.4, -0.2) is 12.6 Å². The Hall–Kier alpha value is -1.05. The fourth-order valence-corrected chi connectivity index (χ4v) is 2.47. The maximum atomic E-state index is 10.6. The first-order valence-corrected chi connectivity index (χ1v) is 9.16. The molecule has 2 nitrogen and oxygen atoms in total. The van der Waals surface area contributed by atoms with Crippen LogP contribution in [0.15, 0.2) is 24.8 Å². The first-order chi connectivity index (χ1) is 10.8. The SMILES string of the molecule is C=CCCCCCCCCCCCC/C=C\CCOC(C)=O. The van der Waals surface area contributed by atoms with Gasteiger partial charge in [-0.05, 0) is 32.1 Å². The van der Waals surface area contributed by atoms with E-state index in [9.17, 15) is 4.79 Å². The van der Waals surface area contributed by atoms with Gasteiger partial charge in [-0.15, -0.1) is 6.58 Å². The number of carbonyl (C=O) groups is 1. The van der Waals surface area contributed by atoms with Crippen molar-refractivity contribution in [3.8, 4) is 0 Å². The largest absolute Gasteiger partial charge is 0.466 e. The van der Waals surface area contributed by atoms with Crippen molar-refractivity contribution in [1.82, 2.24) is 0 Å². The molecule has 2 heteroatoms. The van der Waals surface area contributed by atoms with Crippen molar-refractivity contribution >= 4 is 5.97 Å². The van der Waals surface area contributed by atoms with Crippen LogP contribution in [0.25, 0.3) is 0 Å². The Balaban J connectivity index is 3.06. The Morgan fingerprint density at radius 1 is 0.773 bits per heavy atom. The maximum Gasteiger partial charge on any atom is 0.302 e. The average Bonchev–Trinajstić information content (AvgIpc) is 2.50. The first kappa shape index (κ1) is 20.9. The number of ether oxygens (including phenoxy) is 1. The van der Waals surface area contributed by atoms with Gasteiger partial charge in [0, 0.05) is 6.92 Å². The maximum absolute atomic E-state index is 10.6. The Bertz CT molecular complexity index is 281. The number of carbonyl (C=O) groups excluding carboxylic acids is 1. The summed E-state index contributed by atoms with van der Waals surface area (Å²) in [6, 6.07) is 0. The van der Waals surface area contributed by atoms with Gasteiger partial charge in [-0.2, -0.15) is 0 Å². The number of hydrogen-bond acceptors (Lipinski definition) is 2. The molecule has 0 aliphatic carbocycles. The predicted molar refractivity (Wildman–Crippen MR) is 96.0 cm³/mol. The molecule has 0 aliphatic rings. The summed E-state index contributed by atoms with van der Waals surface area (Å²) in [6.45, 7) is 5.72. The summed E-state index contributed by atoms with van der Waals surface area (Å²) in [4.78, 5) is 10.6. The summed E-state index contributed by atoms with van der Waals surface area (Å²) < 4.78 is 4.87. The van der Waals surface area contributed by atoms with E-state index in [4.69, 9.17) is 4.74 Å². The molecule has 0 spiro atoms. The van der Waals surface area contributed by atoms with Crippen LogP contribution >= 0.6 is 0 Å². The van der Waals surface area contributed by atoms with Gasteiger partial charge in [0.25, 0.3) is 0 Å². The van der Waals surface area contributed by atoms with Crippen LogP contribution in [0.2, 0.25) is 0 Å². The van der Waals surface area contributed by atoms with Crippen LogP contribution in [-0.2, 0) is 9.53 Å². The molecular formula is C20H36O2. The predicted octanol–water partition coefficient (Wildman–Crippen LogP) is 6.36. The molecule has 0 atom stereocenters. The van der Waals surface area contributed by atoms with Gasteiger partial charge >= 0.3 is 5.97 Å². The molecule has 0 bridgehead atoms. The normalized spacial score (nSPS) is 11.0. The number of unbranched alkanes of at least 4 members (excludes halogenated alkanes) is 11. The lowest BCUT2D eigenvalue weighted by Crippen LogP contribution is -1.98. The molecule has 0 aromatic carbocycles. The molecular weight excluding hydrogens is 272 g/mol. The van der Waals surface area contributed by atoms with Gasteiger partial charge in [0.1, 0.15) is 0 Å². The van der Waals surface area contributed by atoms with Crippen LogP contribution in [0.3, 0.4) is 0 Å². The fourth-order valence-electron chi connectivity index (χ4n) is 2.47. The van der Waals surface area contributed by atoms with E-state index in [2.05, 4.69) is 18.7 Å². The summed E-state index contributed by atoms with van der Waals surface area (Å²) in [5, 5.41) is 0. The zero-order chi connectivity index (χ0) is 16.3. The Morgan fingerprint density at radius 3 is 1.73 bits per heavy atom. The summed E-state index contributed by atoms with van der Waals surface area (Å²) in [6.07, 6.45) is 23.2. The molecule has 128 valence electrons. The standard InChI is InChI=1S/C20H36O2/c1-3-4-5-6-7-8-9-10-11-12-13-14-15-16-17-18-19-22-20(2)21/h3,16-17H,1,4-15,18-19H2,2H3/b17-16-. The van der Waals surface area contributed by atoms with Crippen molar-refractivity contribution in [2.24, 2.45) is 0 Å². The third-order valence-corrected chi connectivity index (χ3v) is 3.79. The summed E-state index contributed by atoms with van der Waals surface area (Å²) in [5.41, 5.74) is 0. The van der Waals surface area contributed by atoms with E-state index in [1.54, 1.807) is 0 Å². The third kappa shape index (κ3) is 18.9. The van der Waals surface area contributed by atoms with E-state index in [0.717, 1.165) is 12.8 Å². The number of rotatable bonds is 16. The Labute approximate surface area is 138 Å². The second-order valence-corrected chi connectivity index (χ2v) is 6.00. The van der Waals surface area contributed by atoms with E-state index >= 15 is 0 Å². The molecule has 0 fully saturated rings. The quantitative estimate of drug-likeness (QED) is 0.188. The zero-order valence-corrected chi connectivity index (χ0v) is 14.7. The van der Waals surface area contributed by atoms with Crippen LogP contribution in [0, 0.1) is 0 Å². The molecule has 0 saturated carbocycles. The van der Waals surface area contributed by atoms with Gasteiger partial charge in [-0.25, -0.2) is 0 Å². The first-order valence-electron chi connectivity index (χ1n) is 9.16. The van der Waals surface area contributed by atoms with Crippen molar-refractivity contribution in [2.75, 3.05) is 6.61 Å². The highest BCUT2D eigenvalue weighted by molar-refractivity contribution is 5.65. The lowest BCUT2D eigenvalue weighted by molar-refractivity contribution is -0.140. The summed E-state index contributed by atoms with van der Waals surface area (Å²) in [5.74, 6) is -0.190. The lowest BCUT2D eigenvalue weighted by Gasteiger charge is -2.02. The second kappa shape index (κ2) is 18.0. The van der Waals surface area contributed by atoms with E-state index in [-0.39, 0.29) is 5.97 Å². The van der Waals surface area contributed by atoms with Crippen molar-refractivity contribution in [1.29, 1.82) is 0 Å². The lowest BCUT2D eigenvalue weighted by atomic mass is 10.1. The molecule has 22 heavy (non-hydrogen) atoms. The Morgan fingerprint density at radius 2 is 1.23 bits per heavy atom. The average molecular weight is 309 g/mol. The van der Waals surface area contributed by atoms with E-state index in [0.29, 0.717) is 6.61 Å². The van der Waals surface area contributed by atoms with Crippen LogP contribution in [0.4, 0.5) is 0 Å². The number of allylic oxidation sites excluding steroid dienone is 2. The summed E-state index contributed by atoms with van der Waals surface area (Å²) in [7, 11) is 0. The number of esters is 1. The smallest absolute Gasteiger partial charge is 0.302 e. The highest BCUT2D eigenvalue weighted by Gasteiger charge is 1.93. The van der Waals surface area contributed by atoms with Gasteiger partial charge in [0.05, 0.1) is 6.61 Å².